The van der Waals surface area contributed by atoms with E-state index in [9.17, 15) is 9.59 Å². The average Bonchev–Trinajstić information content (AvgIpc) is 3.31. The summed E-state index contributed by atoms with van der Waals surface area (Å²) in [6, 6.07) is 9.26. The molecule has 2 heterocycles. The first kappa shape index (κ1) is 20.6. The van der Waals surface area contributed by atoms with E-state index in [0.29, 0.717) is 17.2 Å². The van der Waals surface area contributed by atoms with Gasteiger partial charge in [0.2, 0.25) is 0 Å². The second-order valence-electron chi connectivity index (χ2n) is 8.37. The zero-order valence-corrected chi connectivity index (χ0v) is 18.1. The molecule has 4 rings (SSSR count). The molecule has 0 aliphatic heterocycles. The molecule has 0 fully saturated rings. The lowest BCUT2D eigenvalue weighted by Crippen LogP contribution is -2.37. The van der Waals surface area contributed by atoms with Gasteiger partial charge in [-0.1, -0.05) is 37.1 Å². The predicted octanol–water partition coefficient (Wildman–Crippen LogP) is 2.35. The first-order valence-electron chi connectivity index (χ1n) is 10.9. The third kappa shape index (κ3) is 3.74. The van der Waals surface area contributed by atoms with Gasteiger partial charge in [-0.3, -0.25) is 13.9 Å². The number of aromatic nitrogens is 4. The highest BCUT2D eigenvalue weighted by atomic mass is 16.2. The Balaban J connectivity index is 1.26. The molecule has 0 saturated heterocycles. The van der Waals surface area contributed by atoms with Gasteiger partial charge < -0.3 is 9.88 Å². The lowest BCUT2D eigenvalue weighted by atomic mass is 10.1. The van der Waals surface area contributed by atoms with Crippen molar-refractivity contribution in [1.29, 1.82) is 0 Å². The van der Waals surface area contributed by atoms with Crippen molar-refractivity contribution in [3.8, 4) is 0 Å². The minimum absolute atomic E-state index is 0.283. The molecule has 0 radical (unpaired) electrons. The predicted molar refractivity (Wildman–Crippen MR) is 119 cm³/mol. The highest BCUT2D eigenvalue weighted by Crippen LogP contribution is 2.30. The Morgan fingerprint density at radius 1 is 1.00 bits per heavy atom. The monoisotopic (exact) mass is 409 g/mol. The van der Waals surface area contributed by atoms with Crippen LogP contribution in [0.5, 0.6) is 0 Å². The van der Waals surface area contributed by atoms with E-state index < -0.39 is 0 Å². The molecule has 0 saturated carbocycles. The lowest BCUT2D eigenvalue weighted by molar-refractivity contribution is 0.503. The summed E-state index contributed by atoms with van der Waals surface area (Å²) >= 11 is 0. The van der Waals surface area contributed by atoms with Gasteiger partial charge in [0, 0.05) is 33.6 Å². The third-order valence-electron chi connectivity index (χ3n) is 6.42. The van der Waals surface area contributed by atoms with Crippen molar-refractivity contribution in [2.45, 2.75) is 51.0 Å². The van der Waals surface area contributed by atoms with Crippen molar-refractivity contribution in [3.05, 3.63) is 62.1 Å². The van der Waals surface area contributed by atoms with E-state index in [2.05, 4.69) is 34.6 Å². The molecule has 1 unspecified atom stereocenters. The zero-order chi connectivity index (χ0) is 21.3. The van der Waals surface area contributed by atoms with Gasteiger partial charge in [0.1, 0.15) is 5.82 Å². The first-order valence-corrected chi connectivity index (χ1v) is 10.9. The average molecular weight is 410 g/mol. The fourth-order valence-corrected chi connectivity index (χ4v) is 4.59. The molecule has 2 aromatic heterocycles. The Bertz CT molecular complexity index is 1170. The van der Waals surface area contributed by atoms with Crippen LogP contribution in [0.3, 0.4) is 0 Å². The molecule has 30 heavy (non-hydrogen) atoms. The quantitative estimate of drug-likeness (QED) is 0.580. The van der Waals surface area contributed by atoms with Gasteiger partial charge in [-0.2, -0.15) is 0 Å². The topological polar surface area (TPSA) is 73.8 Å². The molecule has 0 spiro atoms. The van der Waals surface area contributed by atoms with E-state index in [1.54, 1.807) is 7.05 Å². The maximum Gasteiger partial charge on any atom is 0.332 e. The number of aryl methyl sites for hydroxylation is 4. The van der Waals surface area contributed by atoms with Crippen molar-refractivity contribution in [1.82, 2.24) is 24.0 Å². The van der Waals surface area contributed by atoms with E-state index in [0.717, 1.165) is 42.6 Å². The largest absolute Gasteiger partial charge is 0.332 e. The molecule has 1 aliphatic carbocycles. The highest BCUT2D eigenvalue weighted by Gasteiger charge is 2.20. The van der Waals surface area contributed by atoms with Crippen LogP contribution in [0, 0.1) is 0 Å². The van der Waals surface area contributed by atoms with Crippen LogP contribution in [0.15, 0.2) is 33.9 Å². The zero-order valence-electron chi connectivity index (χ0n) is 18.1. The van der Waals surface area contributed by atoms with Crippen molar-refractivity contribution in [2.75, 3.05) is 6.54 Å². The molecule has 3 aromatic rings. The molecule has 7 heteroatoms. The van der Waals surface area contributed by atoms with E-state index in [4.69, 9.17) is 0 Å². The van der Waals surface area contributed by atoms with Gasteiger partial charge in [0.15, 0.2) is 11.2 Å². The maximum atomic E-state index is 12.5. The van der Waals surface area contributed by atoms with Gasteiger partial charge >= 0.3 is 5.69 Å². The third-order valence-corrected chi connectivity index (χ3v) is 6.42. The molecular weight excluding hydrogens is 378 g/mol. The number of fused-ring (bicyclic) bond motifs is 2. The fraction of sp³-hybridized carbons (Fsp3) is 0.522. The Kier molecular flexibility index (Phi) is 5.90. The second kappa shape index (κ2) is 8.60. The number of nitrogens with zero attached hydrogens (tertiary/aromatic N) is 4. The van der Waals surface area contributed by atoms with E-state index >= 15 is 0 Å². The summed E-state index contributed by atoms with van der Waals surface area (Å²) in [6.45, 7) is 1.05. The number of benzene rings is 1. The van der Waals surface area contributed by atoms with Crippen molar-refractivity contribution in [3.63, 3.8) is 0 Å². The van der Waals surface area contributed by atoms with Crippen LogP contribution in [0.4, 0.5) is 0 Å². The standard InChI is InChI=1S/C23H31N5O2/c1-26-19(25-21-20(26)22(29)28(3)23(30)27(21)2)12-6-4-5-9-15-24-18-14-13-16-10-7-8-11-17(16)18/h7-8,10-11,18,24H,4-6,9,12-15H2,1-3H3. The van der Waals surface area contributed by atoms with Crippen molar-refractivity contribution < 1.29 is 0 Å². The number of imidazole rings is 1. The molecule has 1 N–H and O–H groups in total. The molecular formula is C23H31N5O2. The molecule has 7 nitrogen and oxygen atoms in total. The van der Waals surface area contributed by atoms with Crippen LogP contribution in [0.2, 0.25) is 0 Å². The van der Waals surface area contributed by atoms with Crippen LogP contribution in [-0.4, -0.2) is 25.2 Å². The minimum atomic E-state index is -0.338. The van der Waals surface area contributed by atoms with Crippen LogP contribution >= 0.6 is 0 Å². The highest BCUT2D eigenvalue weighted by molar-refractivity contribution is 5.70. The van der Waals surface area contributed by atoms with Gasteiger partial charge in [-0.25, -0.2) is 9.78 Å². The fourth-order valence-electron chi connectivity index (χ4n) is 4.59. The lowest BCUT2D eigenvalue weighted by Gasteiger charge is -2.13. The van der Waals surface area contributed by atoms with Gasteiger partial charge in [-0.05, 0) is 43.4 Å². The molecule has 1 aromatic carbocycles. The summed E-state index contributed by atoms with van der Waals surface area (Å²) in [5.74, 6) is 0.865. The Morgan fingerprint density at radius 2 is 1.77 bits per heavy atom. The summed E-state index contributed by atoms with van der Waals surface area (Å²) in [5.41, 5.74) is 3.31. The summed E-state index contributed by atoms with van der Waals surface area (Å²) in [4.78, 5) is 29.2. The van der Waals surface area contributed by atoms with Crippen molar-refractivity contribution in [2.24, 2.45) is 21.1 Å². The molecule has 160 valence electrons. The van der Waals surface area contributed by atoms with Gasteiger partial charge in [0.25, 0.3) is 5.56 Å². The number of unbranched alkanes of at least 4 members (excludes halogenated alkanes) is 3. The SMILES string of the molecule is Cn1c(=O)c2c(nc(CCCCCCNC3CCc4ccccc43)n2C)n(C)c1=O. The van der Waals surface area contributed by atoms with Crippen LogP contribution < -0.4 is 16.6 Å². The van der Waals surface area contributed by atoms with Crippen LogP contribution in [0.1, 0.15) is 55.1 Å². The summed E-state index contributed by atoms with van der Waals surface area (Å²) in [7, 11) is 5.03. The molecule has 1 atom stereocenters. The Morgan fingerprint density at radius 3 is 2.60 bits per heavy atom. The number of hydrogen-bond acceptors (Lipinski definition) is 4. The second-order valence-corrected chi connectivity index (χ2v) is 8.37. The molecule has 1 aliphatic rings. The van der Waals surface area contributed by atoms with Gasteiger partial charge in [0.05, 0.1) is 0 Å². The number of rotatable bonds is 8. The van der Waals surface area contributed by atoms with E-state index in [1.165, 1.54) is 42.0 Å². The number of hydrogen-bond donors (Lipinski definition) is 1. The maximum absolute atomic E-state index is 12.5. The minimum Gasteiger partial charge on any atom is -0.325 e. The normalized spacial score (nSPS) is 15.8. The number of nitrogens with one attached hydrogen (secondary N) is 1. The van der Waals surface area contributed by atoms with E-state index in [1.807, 2.05) is 11.6 Å². The van der Waals surface area contributed by atoms with Crippen LogP contribution in [0.25, 0.3) is 11.2 Å². The molecule has 0 bridgehead atoms. The summed E-state index contributed by atoms with van der Waals surface area (Å²) in [6.07, 6.45) is 7.68. The summed E-state index contributed by atoms with van der Waals surface area (Å²) < 4.78 is 4.44. The molecule has 0 amide bonds. The van der Waals surface area contributed by atoms with Crippen molar-refractivity contribution >= 4 is 11.2 Å². The summed E-state index contributed by atoms with van der Waals surface area (Å²) in [5, 5.41) is 3.71. The smallest absolute Gasteiger partial charge is 0.325 e. The Labute approximate surface area is 176 Å². The first-order chi connectivity index (χ1) is 14.5. The Hall–Kier alpha value is -2.67. The van der Waals surface area contributed by atoms with Gasteiger partial charge in [-0.15, -0.1) is 0 Å². The van der Waals surface area contributed by atoms with Crippen LogP contribution in [-0.2, 0) is 34.0 Å². The van der Waals surface area contributed by atoms with E-state index in [-0.39, 0.29) is 11.2 Å².